The molecular weight excluding hydrogens is 302 g/mol. The van der Waals surface area contributed by atoms with E-state index in [2.05, 4.69) is 27.3 Å². The minimum atomic E-state index is -0.475. The van der Waals surface area contributed by atoms with Crippen LogP contribution in [0.2, 0.25) is 0 Å². The quantitative estimate of drug-likeness (QED) is 0.917. The van der Waals surface area contributed by atoms with Crippen molar-refractivity contribution in [3.8, 4) is 0 Å². The molecule has 1 aromatic carbocycles. The third-order valence-electron chi connectivity index (χ3n) is 4.02. The molecule has 1 aliphatic heterocycles. The zero-order valence-electron chi connectivity index (χ0n) is 14.5. The van der Waals surface area contributed by atoms with Gasteiger partial charge in [-0.3, -0.25) is 4.98 Å². The Bertz CT molecular complexity index is 724. The molecule has 2 aromatic rings. The van der Waals surface area contributed by atoms with Crippen LogP contribution < -0.4 is 10.2 Å². The molecule has 1 radical (unpaired) electrons. The van der Waals surface area contributed by atoms with Crippen molar-refractivity contribution in [1.29, 1.82) is 0 Å². The first kappa shape index (κ1) is 16.6. The van der Waals surface area contributed by atoms with E-state index in [1.807, 2.05) is 45.2 Å². The highest BCUT2D eigenvalue weighted by atomic mass is 16.6. The first-order valence-electron chi connectivity index (χ1n) is 8.41. The number of fused-ring (bicyclic) bond motifs is 1. The van der Waals surface area contributed by atoms with Gasteiger partial charge < -0.3 is 15.0 Å². The van der Waals surface area contributed by atoms with Crippen molar-refractivity contribution in [3.63, 3.8) is 0 Å². The average Bonchev–Trinajstić information content (AvgIpc) is 2.53. The highest BCUT2D eigenvalue weighted by Gasteiger charge is 2.24. The normalized spacial score (nSPS) is 18.5. The summed E-state index contributed by atoms with van der Waals surface area (Å²) in [5.41, 5.74) is 1.58. The number of rotatable bonds is 2. The Morgan fingerprint density at radius 3 is 3.08 bits per heavy atom. The molecule has 5 heteroatoms. The van der Waals surface area contributed by atoms with Gasteiger partial charge >= 0.3 is 6.09 Å². The molecule has 0 bridgehead atoms. The Morgan fingerprint density at radius 2 is 2.29 bits per heavy atom. The van der Waals surface area contributed by atoms with E-state index < -0.39 is 5.60 Å². The van der Waals surface area contributed by atoms with Gasteiger partial charge in [0, 0.05) is 24.5 Å². The average molecular weight is 326 g/mol. The summed E-state index contributed by atoms with van der Waals surface area (Å²) in [5, 5.41) is 4.06. The van der Waals surface area contributed by atoms with Crippen molar-refractivity contribution in [2.45, 2.75) is 45.3 Å². The van der Waals surface area contributed by atoms with Gasteiger partial charge in [0.25, 0.3) is 0 Å². The second-order valence-corrected chi connectivity index (χ2v) is 7.24. The number of ether oxygens (including phenoxy) is 1. The Balaban J connectivity index is 1.67. The molecule has 0 saturated carbocycles. The van der Waals surface area contributed by atoms with Crippen molar-refractivity contribution >= 4 is 22.7 Å². The Kier molecular flexibility index (Phi) is 4.60. The maximum Gasteiger partial charge on any atom is 0.407 e. The summed E-state index contributed by atoms with van der Waals surface area (Å²) in [6.45, 7) is 7.35. The summed E-state index contributed by atoms with van der Waals surface area (Å²) in [6.07, 6.45) is 3.54. The Labute approximate surface area is 143 Å². The summed E-state index contributed by atoms with van der Waals surface area (Å²) in [4.78, 5) is 18.8. The molecule has 1 N–H and O–H groups in total. The Hall–Kier alpha value is -2.30. The van der Waals surface area contributed by atoms with Crippen LogP contribution in [0.3, 0.4) is 0 Å². The van der Waals surface area contributed by atoms with E-state index >= 15 is 0 Å². The third-order valence-corrected chi connectivity index (χ3v) is 4.02. The molecule has 0 spiro atoms. The van der Waals surface area contributed by atoms with Gasteiger partial charge in [0.05, 0.1) is 17.4 Å². The number of piperidine rings is 1. The summed E-state index contributed by atoms with van der Waals surface area (Å²) in [7, 11) is 0. The first-order valence-corrected chi connectivity index (χ1v) is 8.41. The fourth-order valence-corrected chi connectivity index (χ4v) is 2.98. The van der Waals surface area contributed by atoms with E-state index in [9.17, 15) is 4.79 Å². The molecule has 1 unspecified atom stereocenters. The maximum atomic E-state index is 12.0. The first-order chi connectivity index (χ1) is 11.4. The van der Waals surface area contributed by atoms with Crippen LogP contribution in [0.15, 0.2) is 30.5 Å². The standard InChI is InChI=1S/C19H24N3O2/c1-19(2,3)24-18(23)21-15-8-6-10-22(13-15)16-11-14-7-4-5-9-17(14)20-12-16/h5,7,9,11-12,15H,6,8,10,13H2,1-3H3,(H,21,23). The molecular formula is C19H24N3O2. The van der Waals surface area contributed by atoms with E-state index in [1.54, 1.807) is 0 Å². The fraction of sp³-hybridized carbons (Fsp3) is 0.474. The lowest BCUT2D eigenvalue weighted by molar-refractivity contribution is 0.0500. The molecule has 24 heavy (non-hydrogen) atoms. The van der Waals surface area contributed by atoms with Crippen LogP contribution in [0.5, 0.6) is 0 Å². The van der Waals surface area contributed by atoms with Crippen molar-refractivity contribution in [3.05, 3.63) is 36.5 Å². The Morgan fingerprint density at radius 1 is 1.46 bits per heavy atom. The molecule has 5 nitrogen and oxygen atoms in total. The van der Waals surface area contributed by atoms with E-state index in [0.29, 0.717) is 0 Å². The maximum absolute atomic E-state index is 12.0. The summed E-state index contributed by atoms with van der Waals surface area (Å²) in [6, 6.07) is 11.1. The van der Waals surface area contributed by atoms with Gasteiger partial charge in [0.1, 0.15) is 5.60 Å². The minimum absolute atomic E-state index is 0.0895. The van der Waals surface area contributed by atoms with Gasteiger partial charge in [-0.05, 0) is 57.9 Å². The van der Waals surface area contributed by atoms with Crippen LogP contribution in [0, 0.1) is 6.07 Å². The molecule has 2 heterocycles. The molecule has 127 valence electrons. The number of hydrogen-bond acceptors (Lipinski definition) is 4. The predicted molar refractivity (Wildman–Crippen MR) is 95.2 cm³/mol. The predicted octanol–water partition coefficient (Wildman–Crippen LogP) is 3.53. The SMILES string of the molecule is CC(C)(C)OC(=O)NC1CCCN(c2cnc3cc[c]cc3c2)C1. The summed E-state index contributed by atoms with van der Waals surface area (Å²) < 4.78 is 5.35. The van der Waals surface area contributed by atoms with E-state index in [0.717, 1.165) is 42.5 Å². The minimum Gasteiger partial charge on any atom is -0.444 e. The van der Waals surface area contributed by atoms with Crippen LogP contribution >= 0.6 is 0 Å². The van der Waals surface area contributed by atoms with Crippen LogP contribution in [-0.2, 0) is 4.74 Å². The summed E-state index contributed by atoms with van der Waals surface area (Å²) >= 11 is 0. The van der Waals surface area contributed by atoms with E-state index in [-0.39, 0.29) is 12.1 Å². The second-order valence-electron chi connectivity index (χ2n) is 7.24. The van der Waals surface area contributed by atoms with E-state index in [1.165, 1.54) is 0 Å². The lowest BCUT2D eigenvalue weighted by Crippen LogP contribution is -2.49. The number of alkyl carbamates (subject to hydrolysis) is 1. The number of nitrogens with one attached hydrogen (secondary N) is 1. The number of anilines is 1. The molecule has 1 aliphatic rings. The van der Waals surface area contributed by atoms with Crippen LogP contribution in [-0.4, -0.2) is 35.8 Å². The number of pyridine rings is 1. The number of benzene rings is 1. The molecule has 1 amide bonds. The number of aromatic nitrogens is 1. The molecule has 1 atom stereocenters. The smallest absolute Gasteiger partial charge is 0.407 e. The number of hydrogen-bond donors (Lipinski definition) is 1. The largest absolute Gasteiger partial charge is 0.444 e. The van der Waals surface area contributed by atoms with Crippen molar-refractivity contribution in [1.82, 2.24) is 10.3 Å². The van der Waals surface area contributed by atoms with Gasteiger partial charge in [-0.15, -0.1) is 0 Å². The summed E-state index contributed by atoms with van der Waals surface area (Å²) in [5.74, 6) is 0. The number of carbonyl (C=O) groups is 1. The molecule has 0 aliphatic carbocycles. The third kappa shape index (κ3) is 4.16. The zero-order valence-corrected chi connectivity index (χ0v) is 14.5. The molecule has 1 saturated heterocycles. The van der Waals surface area contributed by atoms with Crippen LogP contribution in [0.1, 0.15) is 33.6 Å². The topological polar surface area (TPSA) is 54.5 Å². The van der Waals surface area contributed by atoms with Crippen molar-refractivity contribution in [2.24, 2.45) is 0 Å². The van der Waals surface area contributed by atoms with Crippen molar-refractivity contribution < 1.29 is 9.53 Å². The van der Waals surface area contributed by atoms with Gasteiger partial charge in [-0.25, -0.2) is 4.79 Å². The van der Waals surface area contributed by atoms with Crippen LogP contribution in [0.25, 0.3) is 10.9 Å². The highest BCUT2D eigenvalue weighted by molar-refractivity contribution is 5.81. The lowest BCUT2D eigenvalue weighted by atomic mass is 10.0. The fourth-order valence-electron chi connectivity index (χ4n) is 2.98. The van der Waals surface area contributed by atoms with Gasteiger partial charge in [0.15, 0.2) is 0 Å². The number of amides is 1. The zero-order chi connectivity index (χ0) is 17.2. The molecule has 3 rings (SSSR count). The number of nitrogens with zero attached hydrogens (tertiary/aromatic N) is 2. The van der Waals surface area contributed by atoms with Gasteiger partial charge in [-0.2, -0.15) is 0 Å². The monoisotopic (exact) mass is 326 g/mol. The second kappa shape index (κ2) is 6.67. The molecule has 1 aromatic heterocycles. The molecule has 1 fully saturated rings. The van der Waals surface area contributed by atoms with Gasteiger partial charge in [0.2, 0.25) is 0 Å². The lowest BCUT2D eigenvalue weighted by Gasteiger charge is -2.35. The van der Waals surface area contributed by atoms with Crippen LogP contribution in [0.4, 0.5) is 10.5 Å². The van der Waals surface area contributed by atoms with Gasteiger partial charge in [-0.1, -0.05) is 6.07 Å². The van der Waals surface area contributed by atoms with Crippen molar-refractivity contribution in [2.75, 3.05) is 18.0 Å². The number of carbonyl (C=O) groups excluding carboxylic acids is 1. The highest BCUT2D eigenvalue weighted by Crippen LogP contribution is 2.23. The van der Waals surface area contributed by atoms with E-state index in [4.69, 9.17) is 4.74 Å².